The molecule has 0 amide bonds. The molecule has 1 heterocycles. The van der Waals surface area contributed by atoms with Crippen molar-refractivity contribution in [2.45, 2.75) is 48.4 Å². The van der Waals surface area contributed by atoms with Crippen molar-refractivity contribution in [3.05, 3.63) is 130 Å². The summed E-state index contributed by atoms with van der Waals surface area (Å²) in [6, 6.07) is 19.9. The number of hydrogen-bond donors (Lipinski definition) is 1. The Morgan fingerprint density at radius 2 is 1.79 bits per heavy atom. The highest BCUT2D eigenvalue weighted by Gasteiger charge is 2.61. The predicted octanol–water partition coefficient (Wildman–Crippen LogP) is 11.9. The largest absolute Gasteiger partial charge is 0.387 e. The van der Waals surface area contributed by atoms with Crippen LogP contribution < -0.4 is 14.8 Å². The third-order valence-electron chi connectivity index (χ3n) is 11.8. The van der Waals surface area contributed by atoms with Gasteiger partial charge in [0.15, 0.2) is 6.54 Å². The molecule has 0 aliphatic heterocycles. The highest BCUT2D eigenvalue weighted by atomic mass is 35.5. The van der Waals surface area contributed by atoms with Gasteiger partial charge in [0.05, 0.1) is 10.5 Å². The lowest BCUT2D eigenvalue weighted by Gasteiger charge is -2.37. The van der Waals surface area contributed by atoms with Gasteiger partial charge in [0, 0.05) is 83.4 Å². The van der Waals surface area contributed by atoms with Gasteiger partial charge in [-0.25, -0.2) is 0 Å². The van der Waals surface area contributed by atoms with E-state index in [1.165, 1.54) is 54.9 Å². The third-order valence-corrected chi connectivity index (χ3v) is 17.6. The highest BCUT2D eigenvalue weighted by molar-refractivity contribution is 8.76. The number of halogens is 2. The second kappa shape index (κ2) is 18.4. The van der Waals surface area contributed by atoms with Gasteiger partial charge in [-0.05, 0) is 92.1 Å². The molecule has 8 rings (SSSR count). The van der Waals surface area contributed by atoms with E-state index in [1.807, 2.05) is 39.0 Å². The molecule has 1 fully saturated rings. The lowest BCUT2D eigenvalue weighted by molar-refractivity contribution is -0.663. The zero-order valence-corrected chi connectivity index (χ0v) is 38.1. The lowest BCUT2D eigenvalue weighted by Crippen LogP contribution is -2.36. The predicted molar refractivity (Wildman–Crippen MR) is 257 cm³/mol. The lowest BCUT2D eigenvalue weighted by atomic mass is 9.75. The number of nitrogens with zero attached hydrogens (tertiary/aromatic N) is 3. The van der Waals surface area contributed by atoms with E-state index in [1.54, 1.807) is 5.57 Å². The maximum absolute atomic E-state index is 6.87. The third kappa shape index (κ3) is 8.99. The van der Waals surface area contributed by atoms with E-state index in [0.29, 0.717) is 17.9 Å². The van der Waals surface area contributed by atoms with Gasteiger partial charge in [-0.15, -0.1) is 23.4 Å². The fourth-order valence-electron chi connectivity index (χ4n) is 8.86. The minimum absolute atomic E-state index is 0.145. The number of alkyl halides is 1. The summed E-state index contributed by atoms with van der Waals surface area (Å²) in [6.07, 6.45) is 25.5. The Hall–Kier alpha value is -2.56. The van der Waals surface area contributed by atoms with Crippen molar-refractivity contribution in [1.82, 2.24) is 10.2 Å². The molecule has 57 heavy (non-hydrogen) atoms. The molecule has 4 aliphatic carbocycles. The Balaban J connectivity index is 0.845. The Labute approximate surface area is 365 Å². The van der Waals surface area contributed by atoms with Crippen molar-refractivity contribution in [3.8, 4) is 0 Å². The van der Waals surface area contributed by atoms with Gasteiger partial charge >= 0.3 is 0 Å². The van der Waals surface area contributed by atoms with Crippen LogP contribution in [0.4, 0.5) is 5.69 Å². The number of thioether (sulfide) groups is 1. The summed E-state index contributed by atoms with van der Waals surface area (Å²) in [5.74, 6) is 4.16. The molecule has 0 saturated heterocycles. The Kier molecular flexibility index (Phi) is 13.3. The molecule has 5 atom stereocenters. The number of anilines is 1. The number of thiazole rings is 1. The number of hydrogen-bond acceptors (Lipinski definition) is 7. The summed E-state index contributed by atoms with van der Waals surface area (Å²) in [5.41, 5.74) is 8.17. The van der Waals surface area contributed by atoms with E-state index in [2.05, 4.69) is 163 Å². The fourth-order valence-corrected chi connectivity index (χ4v) is 14.0. The van der Waals surface area contributed by atoms with Crippen molar-refractivity contribution in [2.24, 2.45) is 11.8 Å². The molecule has 3 aromatic carbocycles. The van der Waals surface area contributed by atoms with Crippen molar-refractivity contribution in [3.63, 3.8) is 0 Å². The van der Waals surface area contributed by atoms with Crippen LogP contribution >= 0.6 is 67.9 Å². The van der Waals surface area contributed by atoms with Gasteiger partial charge in [-0.3, -0.25) is 0 Å². The average molecular weight is 873 g/mol. The molecule has 1 saturated carbocycles. The van der Waals surface area contributed by atoms with Crippen LogP contribution in [0.25, 0.3) is 33.1 Å². The van der Waals surface area contributed by atoms with Gasteiger partial charge in [-0.2, -0.15) is 4.57 Å². The molecule has 298 valence electrons. The number of nitrogens with one attached hydrogen (secondary N) is 1. The van der Waals surface area contributed by atoms with Gasteiger partial charge in [0.2, 0.25) is 5.52 Å². The molecular formula is C47H53Cl2N4S4+. The van der Waals surface area contributed by atoms with Crippen LogP contribution in [0, 0.1) is 11.8 Å². The number of fused-ring (bicyclic) bond motifs is 4. The molecule has 4 aliphatic rings. The van der Waals surface area contributed by atoms with Gasteiger partial charge in [-0.1, -0.05) is 117 Å². The second-order valence-corrected chi connectivity index (χ2v) is 21.9. The molecule has 4 aromatic rings. The van der Waals surface area contributed by atoms with Gasteiger partial charge < -0.3 is 15.1 Å². The summed E-state index contributed by atoms with van der Waals surface area (Å²) in [6.45, 7) is 1.90. The van der Waals surface area contributed by atoms with Crippen LogP contribution in [-0.4, -0.2) is 73.1 Å². The first-order valence-corrected chi connectivity index (χ1v) is 25.2. The van der Waals surface area contributed by atoms with E-state index >= 15 is 0 Å². The van der Waals surface area contributed by atoms with E-state index in [-0.39, 0.29) is 10.1 Å². The number of aromatic nitrogens is 1. The standard InChI is InChI=1S/C47H53Cl2N4S4/c1-51(2)41-20-15-32(35-11-5-7-13-37(35)41)10-9-27-54-47-31-39(47)40(49)19-23-45(47)50-25-28-55-56-29-26-53-43-22-18-34(48)30-44(43)57-46(53)24-17-33-16-21-42(52(3)4)38-14-8-6-12-36(33)38/h5-10,12-18,21-24,30,35,39-41,50H,11,19-20,25-29,31H2,1-4H3/q+1. The molecule has 0 spiro atoms. The molecule has 1 aromatic heterocycles. The first kappa shape index (κ1) is 41.2. The summed E-state index contributed by atoms with van der Waals surface area (Å²) in [5, 5.41) is 8.67. The molecule has 0 bridgehead atoms. The second-order valence-electron chi connectivity index (χ2n) is 15.8. The van der Waals surface area contributed by atoms with E-state index in [4.69, 9.17) is 23.2 Å². The van der Waals surface area contributed by atoms with Gasteiger partial charge in [0.25, 0.3) is 5.01 Å². The average Bonchev–Trinajstić information content (AvgIpc) is 3.88. The number of likely N-dealkylation sites (N-methyl/N-ethyl adjacent to an activating group) is 1. The Bertz CT molecular complexity index is 2290. The van der Waals surface area contributed by atoms with E-state index in [9.17, 15) is 0 Å². The van der Waals surface area contributed by atoms with Crippen LogP contribution in [0.5, 0.6) is 0 Å². The van der Waals surface area contributed by atoms with Crippen LogP contribution in [0.1, 0.15) is 36.3 Å². The van der Waals surface area contributed by atoms with E-state index in [0.717, 1.165) is 54.6 Å². The van der Waals surface area contributed by atoms with Crippen LogP contribution in [0.3, 0.4) is 0 Å². The minimum Gasteiger partial charge on any atom is -0.387 e. The molecular weight excluding hydrogens is 820 g/mol. The smallest absolute Gasteiger partial charge is 0.262 e. The Morgan fingerprint density at radius 3 is 2.63 bits per heavy atom. The van der Waals surface area contributed by atoms with Crippen LogP contribution in [0.15, 0.2) is 114 Å². The molecule has 10 heteroatoms. The van der Waals surface area contributed by atoms with Crippen molar-refractivity contribution in [1.29, 1.82) is 0 Å². The topological polar surface area (TPSA) is 22.4 Å². The quantitative estimate of drug-likeness (QED) is 0.0521. The zero-order chi connectivity index (χ0) is 39.5. The molecule has 1 N–H and O–H groups in total. The summed E-state index contributed by atoms with van der Waals surface area (Å²) in [7, 11) is 12.5. The maximum atomic E-state index is 6.87. The maximum Gasteiger partial charge on any atom is 0.262 e. The molecule has 5 unspecified atom stereocenters. The van der Waals surface area contributed by atoms with Gasteiger partial charge in [0.1, 0.15) is 4.70 Å². The summed E-state index contributed by atoms with van der Waals surface area (Å²) >= 11 is 17.2. The van der Waals surface area contributed by atoms with Crippen molar-refractivity contribution in [2.75, 3.05) is 56.9 Å². The minimum atomic E-state index is 0.145. The number of allylic oxidation sites excluding steroid dienone is 6. The number of aryl methyl sites for hydroxylation is 1. The molecule has 0 radical (unpaired) electrons. The number of rotatable bonds is 16. The summed E-state index contributed by atoms with van der Waals surface area (Å²) < 4.78 is 3.82. The van der Waals surface area contributed by atoms with Crippen molar-refractivity contribution >= 4 is 107 Å². The normalized spacial score (nSPS) is 24.2. The first-order valence-electron chi connectivity index (χ1n) is 20.1. The number of benzene rings is 3. The molecule has 4 nitrogen and oxygen atoms in total. The zero-order valence-electron chi connectivity index (χ0n) is 33.3. The summed E-state index contributed by atoms with van der Waals surface area (Å²) in [4.78, 5) is 4.55. The highest BCUT2D eigenvalue weighted by Crippen LogP contribution is 2.63. The Morgan fingerprint density at radius 1 is 0.947 bits per heavy atom. The van der Waals surface area contributed by atoms with E-state index < -0.39 is 0 Å². The SMILES string of the molecule is CN(C)c1ccc(C=Cc2sc3cc(Cl)ccc3[n+]2CCSSCCNC2=CCC(Cl)C3CC23SCC=CC2=CCC(N(C)C)C3=CC=CCC23)c2ccccc12. The van der Waals surface area contributed by atoms with Crippen LogP contribution in [0.2, 0.25) is 5.02 Å². The first-order chi connectivity index (χ1) is 27.7. The van der Waals surface area contributed by atoms with Crippen LogP contribution in [-0.2, 0) is 6.54 Å². The fraction of sp³-hybridized carbons (Fsp3) is 0.383. The monoisotopic (exact) mass is 871 g/mol. The van der Waals surface area contributed by atoms with Crippen molar-refractivity contribution < 1.29 is 4.57 Å².